The van der Waals surface area contributed by atoms with E-state index in [1.165, 1.54) is 11.1 Å². The average Bonchev–Trinajstić information content (AvgIpc) is 2.55. The molecule has 1 amide bonds. The molecule has 2 aromatic rings. The molecule has 1 aromatic heterocycles. The van der Waals surface area contributed by atoms with Crippen LogP contribution in [0.1, 0.15) is 68.6 Å². The van der Waals surface area contributed by atoms with E-state index in [2.05, 4.69) is 75.3 Å². The molecule has 1 aromatic carbocycles. The maximum Gasteiger partial charge on any atom is 0.228 e. The van der Waals surface area contributed by atoms with Gasteiger partial charge in [-0.1, -0.05) is 65.0 Å². The molecule has 1 unspecified atom stereocenters. The third-order valence-electron chi connectivity index (χ3n) is 4.94. The maximum atomic E-state index is 12.9. The van der Waals surface area contributed by atoms with Crippen molar-refractivity contribution in [1.82, 2.24) is 10.3 Å². The molecule has 1 heterocycles. The molecular formula is C23H32N2O. The van der Waals surface area contributed by atoms with Crippen LogP contribution >= 0.6 is 0 Å². The van der Waals surface area contributed by atoms with Gasteiger partial charge in [0.25, 0.3) is 0 Å². The van der Waals surface area contributed by atoms with Crippen LogP contribution in [0.2, 0.25) is 0 Å². The lowest BCUT2D eigenvalue weighted by molar-refractivity contribution is -0.123. The fraction of sp³-hybridized carbons (Fsp3) is 0.478. The summed E-state index contributed by atoms with van der Waals surface area (Å²) in [6.45, 7) is 15.3. The first-order valence-electron chi connectivity index (χ1n) is 9.41. The second-order valence-electron chi connectivity index (χ2n) is 8.52. The third-order valence-corrected chi connectivity index (χ3v) is 4.94. The van der Waals surface area contributed by atoms with Crippen molar-refractivity contribution in [2.75, 3.05) is 0 Å². The Morgan fingerprint density at radius 2 is 1.65 bits per heavy atom. The first-order chi connectivity index (χ1) is 12.1. The molecular weight excluding hydrogens is 320 g/mol. The van der Waals surface area contributed by atoms with Gasteiger partial charge in [0.05, 0.1) is 18.2 Å². The Hall–Kier alpha value is -2.16. The number of amides is 1. The van der Waals surface area contributed by atoms with E-state index in [9.17, 15) is 4.79 Å². The fourth-order valence-corrected chi connectivity index (χ4v) is 3.10. The van der Waals surface area contributed by atoms with Crippen LogP contribution in [0.15, 0.2) is 36.4 Å². The highest BCUT2D eigenvalue weighted by molar-refractivity contribution is 5.83. The number of benzene rings is 1. The third kappa shape index (κ3) is 4.94. The molecule has 0 aliphatic heterocycles. The summed E-state index contributed by atoms with van der Waals surface area (Å²) in [5.74, 6) is 0.127. The summed E-state index contributed by atoms with van der Waals surface area (Å²) in [5.41, 5.74) is 5.53. The van der Waals surface area contributed by atoms with Crippen molar-refractivity contribution in [2.45, 2.75) is 66.3 Å². The number of nitrogens with zero attached hydrogens (tertiary/aromatic N) is 1. The number of carbonyl (C=O) groups excluding carboxylic acids is 1. The minimum atomic E-state index is -0.157. The zero-order valence-corrected chi connectivity index (χ0v) is 17.2. The zero-order chi connectivity index (χ0) is 19.5. The molecule has 0 aliphatic rings. The minimum absolute atomic E-state index is 0.0588. The van der Waals surface area contributed by atoms with Crippen molar-refractivity contribution in [3.05, 3.63) is 64.5 Å². The fourth-order valence-electron chi connectivity index (χ4n) is 3.10. The van der Waals surface area contributed by atoms with Crippen LogP contribution in [-0.2, 0) is 16.8 Å². The maximum absolute atomic E-state index is 12.9. The van der Waals surface area contributed by atoms with Crippen LogP contribution in [0.4, 0.5) is 0 Å². The number of rotatable bonds is 5. The minimum Gasteiger partial charge on any atom is -0.350 e. The number of aryl methyl sites for hydroxylation is 2. The zero-order valence-electron chi connectivity index (χ0n) is 17.2. The van der Waals surface area contributed by atoms with E-state index in [-0.39, 0.29) is 23.2 Å². The molecule has 0 fully saturated rings. The highest BCUT2D eigenvalue weighted by atomic mass is 16.1. The van der Waals surface area contributed by atoms with E-state index in [0.29, 0.717) is 6.54 Å². The summed E-state index contributed by atoms with van der Waals surface area (Å²) >= 11 is 0. The Morgan fingerprint density at radius 3 is 2.15 bits per heavy atom. The van der Waals surface area contributed by atoms with E-state index in [4.69, 9.17) is 0 Å². The van der Waals surface area contributed by atoms with Gasteiger partial charge in [-0.2, -0.15) is 0 Å². The van der Waals surface area contributed by atoms with E-state index < -0.39 is 0 Å². The van der Waals surface area contributed by atoms with Crippen LogP contribution in [0, 0.1) is 19.8 Å². The quantitative estimate of drug-likeness (QED) is 0.818. The lowest BCUT2D eigenvalue weighted by Gasteiger charge is -2.23. The second kappa shape index (κ2) is 8.03. The highest BCUT2D eigenvalue weighted by Crippen LogP contribution is 2.28. The van der Waals surface area contributed by atoms with Crippen molar-refractivity contribution in [3.63, 3.8) is 0 Å². The number of carbonyl (C=O) groups is 1. The number of hydrogen-bond donors (Lipinski definition) is 1. The van der Waals surface area contributed by atoms with Gasteiger partial charge in [-0.25, -0.2) is 0 Å². The van der Waals surface area contributed by atoms with Gasteiger partial charge in [0.2, 0.25) is 5.91 Å². The summed E-state index contributed by atoms with van der Waals surface area (Å²) < 4.78 is 0. The molecule has 0 radical (unpaired) electrons. The summed E-state index contributed by atoms with van der Waals surface area (Å²) in [4.78, 5) is 17.4. The molecule has 0 saturated heterocycles. The van der Waals surface area contributed by atoms with Gasteiger partial charge in [-0.3, -0.25) is 9.78 Å². The molecule has 0 bridgehead atoms. The monoisotopic (exact) mass is 352 g/mol. The van der Waals surface area contributed by atoms with Crippen molar-refractivity contribution in [1.29, 1.82) is 0 Å². The van der Waals surface area contributed by atoms with Gasteiger partial charge >= 0.3 is 0 Å². The van der Waals surface area contributed by atoms with Gasteiger partial charge in [0.15, 0.2) is 0 Å². The van der Waals surface area contributed by atoms with Crippen molar-refractivity contribution >= 4 is 5.91 Å². The molecule has 2 rings (SSSR count). The Kier molecular flexibility index (Phi) is 6.22. The van der Waals surface area contributed by atoms with E-state index >= 15 is 0 Å². The molecule has 1 atom stereocenters. The van der Waals surface area contributed by atoms with Gasteiger partial charge in [0.1, 0.15) is 0 Å². The Balaban J connectivity index is 2.13. The SMILES string of the molecule is Cc1ccc(CNC(=O)C(c2ccc(C(C)(C)C)cc2)C(C)C)nc1C. The smallest absolute Gasteiger partial charge is 0.228 e. The van der Waals surface area contributed by atoms with Crippen LogP contribution in [0.5, 0.6) is 0 Å². The topological polar surface area (TPSA) is 42.0 Å². The van der Waals surface area contributed by atoms with Crippen molar-refractivity contribution in [3.8, 4) is 0 Å². The Bertz CT molecular complexity index is 755. The molecule has 0 saturated carbocycles. The predicted octanol–water partition coefficient (Wildman–Crippen LogP) is 5.05. The number of hydrogen-bond acceptors (Lipinski definition) is 2. The predicted molar refractivity (Wildman–Crippen MR) is 108 cm³/mol. The number of aromatic nitrogens is 1. The first kappa shape index (κ1) is 20.2. The van der Waals surface area contributed by atoms with Gasteiger partial charge < -0.3 is 5.32 Å². The average molecular weight is 353 g/mol. The Labute approximate surface area is 158 Å². The van der Waals surface area contributed by atoms with Crippen LogP contribution in [-0.4, -0.2) is 10.9 Å². The van der Waals surface area contributed by atoms with Crippen molar-refractivity contribution < 1.29 is 4.79 Å². The number of pyridine rings is 1. The molecule has 140 valence electrons. The van der Waals surface area contributed by atoms with Gasteiger partial charge in [-0.05, 0) is 47.9 Å². The summed E-state index contributed by atoms with van der Waals surface area (Å²) in [5, 5.41) is 3.07. The normalized spacial score (nSPS) is 12.9. The summed E-state index contributed by atoms with van der Waals surface area (Å²) in [6.07, 6.45) is 0. The molecule has 0 aliphatic carbocycles. The van der Waals surface area contributed by atoms with Crippen LogP contribution in [0.3, 0.4) is 0 Å². The molecule has 1 N–H and O–H groups in total. The van der Waals surface area contributed by atoms with Crippen LogP contribution < -0.4 is 5.32 Å². The van der Waals surface area contributed by atoms with Gasteiger partial charge in [0, 0.05) is 5.69 Å². The summed E-state index contributed by atoms with van der Waals surface area (Å²) in [6, 6.07) is 12.5. The number of nitrogens with one attached hydrogen (secondary N) is 1. The Morgan fingerprint density at radius 1 is 1.04 bits per heavy atom. The van der Waals surface area contributed by atoms with E-state index in [1.54, 1.807) is 0 Å². The molecule has 26 heavy (non-hydrogen) atoms. The summed E-state index contributed by atoms with van der Waals surface area (Å²) in [7, 11) is 0. The highest BCUT2D eigenvalue weighted by Gasteiger charge is 2.24. The largest absolute Gasteiger partial charge is 0.350 e. The molecule has 0 spiro atoms. The molecule has 3 nitrogen and oxygen atoms in total. The second-order valence-corrected chi connectivity index (χ2v) is 8.52. The van der Waals surface area contributed by atoms with Crippen LogP contribution in [0.25, 0.3) is 0 Å². The van der Waals surface area contributed by atoms with E-state index in [1.807, 2.05) is 19.9 Å². The van der Waals surface area contributed by atoms with Gasteiger partial charge in [-0.15, -0.1) is 0 Å². The lowest BCUT2D eigenvalue weighted by atomic mass is 9.83. The van der Waals surface area contributed by atoms with E-state index in [0.717, 1.165) is 17.0 Å². The standard InChI is InChI=1S/C23H32N2O/c1-15(2)21(18-9-11-19(12-10-18)23(5,6)7)22(26)24-14-20-13-8-16(3)17(4)25-20/h8-13,15,21H,14H2,1-7H3,(H,24,26). The van der Waals surface area contributed by atoms with Crippen molar-refractivity contribution in [2.24, 2.45) is 5.92 Å². The molecule has 3 heteroatoms. The lowest BCUT2D eigenvalue weighted by Crippen LogP contribution is -2.32. The first-order valence-corrected chi connectivity index (χ1v) is 9.41.